The first-order valence-electron chi connectivity index (χ1n) is 7.28. The summed E-state index contributed by atoms with van der Waals surface area (Å²) in [7, 11) is 1.91. The van der Waals surface area contributed by atoms with E-state index in [1.165, 1.54) is 12.8 Å². The largest absolute Gasteiger partial charge is 0.338 e. The number of amides is 1. The Bertz CT molecular complexity index is 489. The molecule has 2 rings (SSSR count). The highest BCUT2D eigenvalue weighted by Gasteiger charge is 2.30. The van der Waals surface area contributed by atoms with Crippen LogP contribution in [0, 0.1) is 12.8 Å². The summed E-state index contributed by atoms with van der Waals surface area (Å²) < 4.78 is 0.870. The predicted octanol–water partition coefficient (Wildman–Crippen LogP) is 3.35. The first-order valence-corrected chi connectivity index (χ1v) is 8.07. The summed E-state index contributed by atoms with van der Waals surface area (Å²) in [6, 6.07) is 6.14. The Labute approximate surface area is 129 Å². The molecule has 3 nitrogen and oxygen atoms in total. The van der Waals surface area contributed by atoms with Gasteiger partial charge in [-0.15, -0.1) is 0 Å². The summed E-state index contributed by atoms with van der Waals surface area (Å²) in [5.74, 6) is 0.518. The Morgan fingerprint density at radius 1 is 1.40 bits per heavy atom. The molecule has 0 saturated heterocycles. The van der Waals surface area contributed by atoms with Gasteiger partial charge in [-0.1, -0.05) is 18.9 Å². The normalized spacial score (nSPS) is 22.6. The fourth-order valence-electron chi connectivity index (χ4n) is 3.11. The van der Waals surface area contributed by atoms with E-state index in [0.717, 1.165) is 28.4 Å². The second-order valence-electron chi connectivity index (χ2n) is 5.75. The van der Waals surface area contributed by atoms with E-state index in [-0.39, 0.29) is 11.9 Å². The van der Waals surface area contributed by atoms with Gasteiger partial charge in [-0.2, -0.15) is 0 Å². The number of benzene rings is 1. The van der Waals surface area contributed by atoms with Crippen LogP contribution in [-0.2, 0) is 0 Å². The molecule has 4 heteroatoms. The average Bonchev–Trinajstić information content (AvgIpc) is 2.45. The topological polar surface area (TPSA) is 46.3 Å². The fraction of sp³-hybridized carbons (Fsp3) is 0.562. The van der Waals surface area contributed by atoms with Gasteiger partial charge in [-0.3, -0.25) is 4.79 Å². The molecule has 0 aromatic heterocycles. The SMILES string of the molecule is Cc1ccc(C(=O)N(C)C2CCCCC2CN)c(Br)c1. The number of rotatable bonds is 3. The van der Waals surface area contributed by atoms with Crippen molar-refractivity contribution in [3.05, 3.63) is 33.8 Å². The van der Waals surface area contributed by atoms with Crippen molar-refractivity contribution in [2.75, 3.05) is 13.6 Å². The molecule has 1 aliphatic carbocycles. The van der Waals surface area contributed by atoms with E-state index >= 15 is 0 Å². The lowest BCUT2D eigenvalue weighted by Crippen LogP contribution is -2.46. The summed E-state index contributed by atoms with van der Waals surface area (Å²) >= 11 is 3.50. The standard InChI is InChI=1S/C16H23BrN2O/c1-11-7-8-13(14(17)9-11)16(20)19(2)15-6-4-3-5-12(15)10-18/h7-9,12,15H,3-6,10,18H2,1-2H3. The van der Waals surface area contributed by atoms with Crippen molar-refractivity contribution in [1.29, 1.82) is 0 Å². The van der Waals surface area contributed by atoms with Crippen LogP contribution >= 0.6 is 15.9 Å². The van der Waals surface area contributed by atoms with Gasteiger partial charge in [0.2, 0.25) is 0 Å². The van der Waals surface area contributed by atoms with Gasteiger partial charge in [0.25, 0.3) is 5.91 Å². The zero-order valence-corrected chi connectivity index (χ0v) is 13.8. The average molecular weight is 339 g/mol. The molecule has 1 aromatic rings. The lowest BCUT2D eigenvalue weighted by molar-refractivity contribution is 0.0619. The number of carbonyl (C=O) groups is 1. The van der Waals surface area contributed by atoms with Crippen molar-refractivity contribution in [3.63, 3.8) is 0 Å². The lowest BCUT2D eigenvalue weighted by atomic mass is 9.83. The minimum Gasteiger partial charge on any atom is -0.338 e. The van der Waals surface area contributed by atoms with Gasteiger partial charge in [0.1, 0.15) is 0 Å². The number of hydrogen-bond acceptors (Lipinski definition) is 2. The minimum atomic E-state index is 0.0854. The predicted molar refractivity (Wildman–Crippen MR) is 85.8 cm³/mol. The molecule has 1 aliphatic rings. The van der Waals surface area contributed by atoms with Gasteiger partial charge >= 0.3 is 0 Å². The number of nitrogens with two attached hydrogens (primary N) is 1. The van der Waals surface area contributed by atoms with Crippen LogP contribution in [-0.4, -0.2) is 30.4 Å². The third-order valence-electron chi connectivity index (χ3n) is 4.34. The minimum absolute atomic E-state index is 0.0854. The quantitative estimate of drug-likeness (QED) is 0.918. The van der Waals surface area contributed by atoms with Gasteiger partial charge in [0.15, 0.2) is 0 Å². The Kier molecular flexibility index (Phi) is 5.22. The van der Waals surface area contributed by atoms with Crippen LogP contribution in [0.15, 0.2) is 22.7 Å². The highest BCUT2D eigenvalue weighted by atomic mass is 79.9. The zero-order chi connectivity index (χ0) is 14.7. The van der Waals surface area contributed by atoms with Crippen molar-refractivity contribution in [2.45, 2.75) is 38.6 Å². The van der Waals surface area contributed by atoms with Crippen LogP contribution in [0.25, 0.3) is 0 Å². The molecule has 110 valence electrons. The van der Waals surface area contributed by atoms with Crippen molar-refractivity contribution < 1.29 is 4.79 Å². The van der Waals surface area contributed by atoms with E-state index in [1.807, 2.05) is 37.1 Å². The van der Waals surface area contributed by atoms with E-state index in [9.17, 15) is 4.79 Å². The monoisotopic (exact) mass is 338 g/mol. The molecule has 0 bridgehead atoms. The molecule has 1 saturated carbocycles. The second kappa shape index (κ2) is 6.72. The van der Waals surface area contributed by atoms with Gasteiger partial charge in [-0.25, -0.2) is 0 Å². The molecule has 20 heavy (non-hydrogen) atoms. The van der Waals surface area contributed by atoms with Crippen molar-refractivity contribution in [3.8, 4) is 0 Å². The van der Waals surface area contributed by atoms with Crippen molar-refractivity contribution >= 4 is 21.8 Å². The Morgan fingerprint density at radius 3 is 2.75 bits per heavy atom. The molecule has 0 aliphatic heterocycles. The van der Waals surface area contributed by atoms with Gasteiger partial charge in [0, 0.05) is 17.6 Å². The fourth-order valence-corrected chi connectivity index (χ4v) is 3.77. The third-order valence-corrected chi connectivity index (χ3v) is 5.00. The number of carbonyl (C=O) groups excluding carboxylic acids is 1. The Balaban J connectivity index is 2.18. The maximum absolute atomic E-state index is 12.7. The Morgan fingerprint density at radius 2 is 2.10 bits per heavy atom. The molecule has 1 amide bonds. The van der Waals surface area contributed by atoms with E-state index in [4.69, 9.17) is 5.73 Å². The van der Waals surface area contributed by atoms with Crippen molar-refractivity contribution in [2.24, 2.45) is 11.7 Å². The maximum atomic E-state index is 12.7. The molecule has 1 fully saturated rings. The molecule has 2 atom stereocenters. The number of nitrogens with zero attached hydrogens (tertiary/aromatic N) is 1. The van der Waals surface area contributed by atoms with Crippen LogP contribution in [0.4, 0.5) is 0 Å². The van der Waals surface area contributed by atoms with E-state index < -0.39 is 0 Å². The summed E-state index contributed by atoms with van der Waals surface area (Å²) in [6.45, 7) is 2.69. The summed E-state index contributed by atoms with van der Waals surface area (Å²) in [4.78, 5) is 14.6. The molecule has 0 radical (unpaired) electrons. The highest BCUT2D eigenvalue weighted by molar-refractivity contribution is 9.10. The molecule has 2 N–H and O–H groups in total. The summed E-state index contributed by atoms with van der Waals surface area (Å²) in [6.07, 6.45) is 4.61. The lowest BCUT2D eigenvalue weighted by Gasteiger charge is -2.37. The highest BCUT2D eigenvalue weighted by Crippen LogP contribution is 2.29. The summed E-state index contributed by atoms with van der Waals surface area (Å²) in [5, 5.41) is 0. The van der Waals surface area contributed by atoms with Crippen LogP contribution in [0.1, 0.15) is 41.6 Å². The smallest absolute Gasteiger partial charge is 0.254 e. The van der Waals surface area contributed by atoms with Crippen LogP contribution < -0.4 is 5.73 Å². The number of aryl methyl sites for hydroxylation is 1. The molecule has 1 aromatic carbocycles. The number of hydrogen-bond donors (Lipinski definition) is 1. The molecule has 2 unspecified atom stereocenters. The van der Waals surface area contributed by atoms with Crippen LogP contribution in [0.3, 0.4) is 0 Å². The van der Waals surface area contributed by atoms with Crippen LogP contribution in [0.2, 0.25) is 0 Å². The van der Waals surface area contributed by atoms with E-state index in [1.54, 1.807) is 0 Å². The maximum Gasteiger partial charge on any atom is 0.254 e. The molecular formula is C16H23BrN2O. The zero-order valence-electron chi connectivity index (χ0n) is 12.2. The second-order valence-corrected chi connectivity index (χ2v) is 6.60. The molecule has 0 heterocycles. The summed E-state index contributed by atoms with van der Waals surface area (Å²) in [5.41, 5.74) is 7.76. The van der Waals surface area contributed by atoms with Gasteiger partial charge in [0.05, 0.1) is 5.56 Å². The first kappa shape index (κ1) is 15.5. The van der Waals surface area contributed by atoms with Gasteiger partial charge in [-0.05, 0) is 65.9 Å². The van der Waals surface area contributed by atoms with Crippen molar-refractivity contribution in [1.82, 2.24) is 4.90 Å². The molecular weight excluding hydrogens is 316 g/mol. The third kappa shape index (κ3) is 3.23. The van der Waals surface area contributed by atoms with E-state index in [2.05, 4.69) is 15.9 Å². The molecule has 0 spiro atoms. The van der Waals surface area contributed by atoms with Gasteiger partial charge < -0.3 is 10.6 Å². The Hall–Kier alpha value is -0.870. The van der Waals surface area contributed by atoms with Crippen LogP contribution in [0.5, 0.6) is 0 Å². The first-order chi connectivity index (χ1) is 9.54. The number of halogens is 1. The van der Waals surface area contributed by atoms with E-state index in [0.29, 0.717) is 12.5 Å².